The summed E-state index contributed by atoms with van der Waals surface area (Å²) in [5.74, 6) is -0.226. The maximum absolute atomic E-state index is 12.1. The average molecular weight is 307 g/mol. The number of benzene rings is 1. The Labute approximate surface area is 127 Å². The number of halogens is 1. The zero-order chi connectivity index (χ0) is 15.6. The monoisotopic (exact) mass is 306 g/mol. The van der Waals surface area contributed by atoms with E-state index in [4.69, 9.17) is 16.9 Å². The van der Waals surface area contributed by atoms with Crippen LogP contribution >= 0.6 is 11.6 Å². The van der Waals surface area contributed by atoms with E-state index >= 15 is 0 Å². The molecule has 1 N–H and O–H groups in total. The number of nitrogens with zero attached hydrogens (tertiary/aromatic N) is 3. The highest BCUT2D eigenvalue weighted by Gasteiger charge is 2.36. The van der Waals surface area contributed by atoms with Gasteiger partial charge in [0.15, 0.2) is 0 Å². The lowest BCUT2D eigenvalue weighted by molar-refractivity contribution is -0.124. The third kappa shape index (κ3) is 3.09. The SMILES string of the molecule is CN1C[C@@H](C(=O)NCc2ccc(C#N)cc2Cl)N(C)C1=O. The van der Waals surface area contributed by atoms with E-state index in [1.165, 1.54) is 9.80 Å². The van der Waals surface area contributed by atoms with E-state index in [0.717, 1.165) is 5.56 Å². The molecule has 0 bridgehead atoms. The third-order valence-electron chi connectivity index (χ3n) is 3.48. The quantitative estimate of drug-likeness (QED) is 0.911. The summed E-state index contributed by atoms with van der Waals surface area (Å²) in [6.07, 6.45) is 0. The van der Waals surface area contributed by atoms with E-state index in [9.17, 15) is 9.59 Å². The van der Waals surface area contributed by atoms with Crippen LogP contribution in [0.25, 0.3) is 0 Å². The fourth-order valence-electron chi connectivity index (χ4n) is 2.18. The first-order valence-electron chi connectivity index (χ1n) is 6.38. The molecule has 1 aliphatic heterocycles. The molecule has 1 heterocycles. The first kappa shape index (κ1) is 15.1. The number of carbonyl (C=O) groups is 2. The molecule has 1 fully saturated rings. The molecule has 3 amide bonds. The van der Waals surface area contributed by atoms with E-state index in [1.807, 2.05) is 6.07 Å². The Balaban J connectivity index is 1.99. The van der Waals surface area contributed by atoms with Crippen LogP contribution in [0.1, 0.15) is 11.1 Å². The molecule has 1 aromatic carbocycles. The van der Waals surface area contributed by atoms with E-state index in [0.29, 0.717) is 17.1 Å². The third-order valence-corrected chi connectivity index (χ3v) is 3.83. The number of carbonyl (C=O) groups excluding carboxylic acids is 2. The highest BCUT2D eigenvalue weighted by Crippen LogP contribution is 2.18. The van der Waals surface area contributed by atoms with Crippen molar-refractivity contribution in [2.45, 2.75) is 12.6 Å². The molecule has 2 rings (SSSR count). The molecule has 1 aliphatic rings. The summed E-state index contributed by atoms with van der Waals surface area (Å²) in [5, 5.41) is 12.0. The largest absolute Gasteiger partial charge is 0.350 e. The minimum absolute atomic E-state index is 0.174. The molecule has 6 nitrogen and oxygen atoms in total. The van der Waals surface area contributed by atoms with Crippen LogP contribution in [-0.2, 0) is 11.3 Å². The van der Waals surface area contributed by atoms with Gasteiger partial charge in [-0.2, -0.15) is 5.26 Å². The van der Waals surface area contributed by atoms with Gasteiger partial charge < -0.3 is 15.1 Å². The van der Waals surface area contributed by atoms with Crippen molar-refractivity contribution in [3.8, 4) is 6.07 Å². The lowest BCUT2D eigenvalue weighted by atomic mass is 10.1. The maximum atomic E-state index is 12.1. The normalized spacial score (nSPS) is 17.8. The first-order valence-corrected chi connectivity index (χ1v) is 6.76. The molecule has 110 valence electrons. The summed E-state index contributed by atoms with van der Waals surface area (Å²) in [7, 11) is 3.26. The highest BCUT2D eigenvalue weighted by atomic mass is 35.5. The number of rotatable bonds is 3. The van der Waals surface area contributed by atoms with Crippen molar-refractivity contribution in [3.63, 3.8) is 0 Å². The van der Waals surface area contributed by atoms with Gasteiger partial charge in [-0.15, -0.1) is 0 Å². The van der Waals surface area contributed by atoms with Gasteiger partial charge >= 0.3 is 6.03 Å². The van der Waals surface area contributed by atoms with E-state index in [2.05, 4.69) is 5.32 Å². The van der Waals surface area contributed by atoms with Gasteiger partial charge in [-0.05, 0) is 17.7 Å². The Morgan fingerprint density at radius 1 is 1.52 bits per heavy atom. The van der Waals surface area contributed by atoms with Crippen molar-refractivity contribution in [2.24, 2.45) is 0 Å². The topological polar surface area (TPSA) is 76.4 Å². The molecule has 0 aliphatic carbocycles. The van der Waals surface area contributed by atoms with Crippen LogP contribution in [0.5, 0.6) is 0 Å². The van der Waals surface area contributed by atoms with Crippen molar-refractivity contribution >= 4 is 23.5 Å². The zero-order valence-corrected chi connectivity index (χ0v) is 12.5. The fourth-order valence-corrected chi connectivity index (χ4v) is 2.43. The Bertz CT molecular complexity index is 626. The van der Waals surface area contributed by atoms with Gasteiger partial charge in [-0.1, -0.05) is 17.7 Å². The molecule has 1 saturated heterocycles. The number of amides is 3. The Kier molecular flexibility index (Phi) is 4.34. The second-order valence-corrected chi connectivity index (χ2v) is 5.33. The fraction of sp³-hybridized carbons (Fsp3) is 0.357. The summed E-state index contributed by atoms with van der Waals surface area (Å²) >= 11 is 6.05. The van der Waals surface area contributed by atoms with Crippen LogP contribution in [0.4, 0.5) is 4.79 Å². The minimum atomic E-state index is -0.500. The zero-order valence-electron chi connectivity index (χ0n) is 11.8. The van der Waals surface area contributed by atoms with Gasteiger partial charge in [0.1, 0.15) is 6.04 Å². The van der Waals surface area contributed by atoms with Gasteiger partial charge in [-0.3, -0.25) is 4.79 Å². The summed E-state index contributed by atoms with van der Waals surface area (Å²) in [4.78, 5) is 26.7. The number of hydrogen-bond donors (Lipinski definition) is 1. The molecular formula is C14H15ClN4O2. The number of nitrogens with one attached hydrogen (secondary N) is 1. The predicted octanol–water partition coefficient (Wildman–Crippen LogP) is 1.19. The molecule has 21 heavy (non-hydrogen) atoms. The van der Waals surface area contributed by atoms with E-state index < -0.39 is 6.04 Å². The standard InChI is InChI=1S/C14H15ClN4O2/c1-18-8-12(19(2)14(18)21)13(20)17-7-10-4-3-9(6-16)5-11(10)15/h3-5,12H,7-8H2,1-2H3,(H,17,20)/t12-/m0/s1. The molecule has 0 radical (unpaired) electrons. The molecule has 0 spiro atoms. The van der Waals surface area contributed by atoms with Crippen LogP contribution in [-0.4, -0.2) is 48.4 Å². The molecular weight excluding hydrogens is 292 g/mol. The van der Waals surface area contributed by atoms with Crippen LogP contribution < -0.4 is 5.32 Å². The van der Waals surface area contributed by atoms with E-state index in [1.54, 1.807) is 32.3 Å². The van der Waals surface area contributed by atoms with Gasteiger partial charge in [-0.25, -0.2) is 4.79 Å². The van der Waals surface area contributed by atoms with Gasteiger partial charge in [0.25, 0.3) is 0 Å². The van der Waals surface area contributed by atoms with Crippen molar-refractivity contribution in [2.75, 3.05) is 20.6 Å². The predicted molar refractivity (Wildman–Crippen MR) is 77.6 cm³/mol. The van der Waals surface area contributed by atoms with Crippen LogP contribution in [0.3, 0.4) is 0 Å². The second-order valence-electron chi connectivity index (χ2n) is 4.93. The van der Waals surface area contributed by atoms with Crippen molar-refractivity contribution in [3.05, 3.63) is 34.3 Å². The van der Waals surface area contributed by atoms with Crippen molar-refractivity contribution in [1.82, 2.24) is 15.1 Å². The van der Waals surface area contributed by atoms with Gasteiger partial charge in [0.05, 0.1) is 18.2 Å². The van der Waals surface area contributed by atoms with Crippen LogP contribution in [0.2, 0.25) is 5.02 Å². The first-order chi connectivity index (χ1) is 9.93. The lowest BCUT2D eigenvalue weighted by Crippen LogP contribution is -2.43. The summed E-state index contributed by atoms with van der Waals surface area (Å²) in [6.45, 7) is 0.619. The number of likely N-dealkylation sites (N-methyl/N-ethyl adjacent to an activating group) is 2. The summed E-state index contributed by atoms with van der Waals surface area (Å²) in [5.41, 5.74) is 1.20. The van der Waals surface area contributed by atoms with E-state index in [-0.39, 0.29) is 18.5 Å². The lowest BCUT2D eigenvalue weighted by Gasteiger charge is -2.17. The Hall–Kier alpha value is -2.26. The molecule has 1 aromatic rings. The van der Waals surface area contributed by atoms with Crippen LogP contribution in [0.15, 0.2) is 18.2 Å². The average Bonchev–Trinajstić information content (AvgIpc) is 2.73. The highest BCUT2D eigenvalue weighted by molar-refractivity contribution is 6.31. The van der Waals surface area contributed by atoms with Gasteiger partial charge in [0, 0.05) is 25.7 Å². The molecule has 1 atom stereocenters. The summed E-state index contributed by atoms with van der Waals surface area (Å²) in [6, 6.07) is 6.23. The Morgan fingerprint density at radius 2 is 2.24 bits per heavy atom. The number of hydrogen-bond acceptors (Lipinski definition) is 3. The van der Waals surface area contributed by atoms with Crippen LogP contribution in [0, 0.1) is 11.3 Å². The Morgan fingerprint density at radius 3 is 2.76 bits per heavy atom. The maximum Gasteiger partial charge on any atom is 0.320 e. The van der Waals surface area contributed by atoms with Crippen molar-refractivity contribution < 1.29 is 9.59 Å². The molecule has 0 unspecified atom stereocenters. The smallest absolute Gasteiger partial charge is 0.320 e. The minimum Gasteiger partial charge on any atom is -0.350 e. The number of nitriles is 1. The second kappa shape index (κ2) is 6.02. The molecule has 0 saturated carbocycles. The molecule has 0 aromatic heterocycles. The summed E-state index contributed by atoms with van der Waals surface area (Å²) < 4.78 is 0. The van der Waals surface area contributed by atoms with Crippen molar-refractivity contribution in [1.29, 1.82) is 5.26 Å². The number of urea groups is 1. The molecule has 7 heteroatoms. The van der Waals surface area contributed by atoms with Gasteiger partial charge in [0.2, 0.25) is 5.91 Å².